The van der Waals surface area contributed by atoms with E-state index in [2.05, 4.69) is 36.2 Å². The Balaban J connectivity index is 1.86. The van der Waals surface area contributed by atoms with E-state index in [0.717, 1.165) is 24.5 Å². The highest BCUT2D eigenvalue weighted by Gasteiger charge is 2.22. The summed E-state index contributed by atoms with van der Waals surface area (Å²) in [6.45, 7) is 7.32. The van der Waals surface area contributed by atoms with Crippen LogP contribution in [0.25, 0.3) is 0 Å². The van der Waals surface area contributed by atoms with Gasteiger partial charge in [-0.1, -0.05) is 18.2 Å². The molecule has 1 amide bonds. The zero-order valence-corrected chi connectivity index (χ0v) is 13.9. The van der Waals surface area contributed by atoms with Crippen LogP contribution in [0.3, 0.4) is 0 Å². The van der Waals surface area contributed by atoms with Crippen molar-refractivity contribution in [3.63, 3.8) is 0 Å². The number of hydrogen-bond donors (Lipinski definition) is 1. The summed E-state index contributed by atoms with van der Waals surface area (Å²) in [6.07, 6.45) is 2.37. The first-order chi connectivity index (χ1) is 10.2. The molecule has 0 atom stereocenters. The minimum atomic E-state index is 0.261. The lowest BCUT2D eigenvalue weighted by Crippen LogP contribution is -2.43. The fourth-order valence-corrected chi connectivity index (χ4v) is 3.49. The van der Waals surface area contributed by atoms with E-state index in [1.54, 1.807) is 11.8 Å². The number of thioether (sulfide) groups is 1. The average Bonchev–Trinajstić information content (AvgIpc) is 2.52. The first-order valence-electron chi connectivity index (χ1n) is 7.85. The monoisotopic (exact) mass is 306 g/mol. The van der Waals surface area contributed by atoms with E-state index in [1.807, 2.05) is 18.2 Å². The summed E-state index contributed by atoms with van der Waals surface area (Å²) in [4.78, 5) is 15.7. The number of piperidine rings is 1. The number of nitrogens with one attached hydrogen (secondary N) is 1. The molecular formula is C17H26N2OS. The van der Waals surface area contributed by atoms with Gasteiger partial charge in [0, 0.05) is 17.5 Å². The number of hydrogen-bond acceptors (Lipinski definition) is 3. The molecule has 0 unspecified atom stereocenters. The smallest absolute Gasteiger partial charge is 0.233 e. The molecule has 1 aliphatic rings. The normalized spacial score (nSPS) is 16.1. The van der Waals surface area contributed by atoms with Crippen molar-refractivity contribution in [3.05, 3.63) is 30.3 Å². The molecule has 0 spiro atoms. The summed E-state index contributed by atoms with van der Waals surface area (Å²) >= 11 is 1.63. The van der Waals surface area contributed by atoms with Crippen molar-refractivity contribution in [1.82, 2.24) is 10.2 Å². The molecule has 0 saturated carbocycles. The van der Waals surface area contributed by atoms with Gasteiger partial charge in [0.15, 0.2) is 0 Å². The van der Waals surface area contributed by atoms with Crippen LogP contribution in [-0.2, 0) is 4.79 Å². The van der Waals surface area contributed by atoms with Crippen LogP contribution in [0.1, 0.15) is 26.7 Å². The van der Waals surface area contributed by atoms with Gasteiger partial charge < -0.3 is 10.2 Å². The van der Waals surface area contributed by atoms with Crippen molar-refractivity contribution < 1.29 is 4.79 Å². The van der Waals surface area contributed by atoms with Crippen LogP contribution in [0.4, 0.5) is 0 Å². The van der Waals surface area contributed by atoms with E-state index in [0.29, 0.717) is 11.7 Å². The predicted molar refractivity (Wildman–Crippen MR) is 89.6 cm³/mol. The molecule has 3 nitrogen and oxygen atoms in total. The summed E-state index contributed by atoms with van der Waals surface area (Å²) in [5.74, 6) is 1.45. The lowest BCUT2D eigenvalue weighted by atomic mass is 9.97. The zero-order chi connectivity index (χ0) is 15.1. The van der Waals surface area contributed by atoms with Crippen molar-refractivity contribution in [2.75, 3.05) is 25.4 Å². The first-order valence-corrected chi connectivity index (χ1v) is 8.83. The van der Waals surface area contributed by atoms with Crippen molar-refractivity contribution in [2.45, 2.75) is 37.6 Å². The molecule has 1 saturated heterocycles. The molecule has 21 heavy (non-hydrogen) atoms. The highest BCUT2D eigenvalue weighted by Crippen LogP contribution is 2.20. The molecule has 1 fully saturated rings. The van der Waals surface area contributed by atoms with Crippen molar-refractivity contribution in [2.24, 2.45) is 5.92 Å². The third-order valence-corrected chi connectivity index (χ3v) is 4.96. The standard InChI is InChI=1S/C17H26N2OS/c1-14(2)19(12-15-8-10-18-11-9-15)17(20)13-21-16-6-4-3-5-7-16/h3-7,14-15,18H,8-13H2,1-2H3. The van der Waals surface area contributed by atoms with Gasteiger partial charge in [0.05, 0.1) is 5.75 Å². The third-order valence-electron chi connectivity index (χ3n) is 3.96. The fraction of sp³-hybridized carbons (Fsp3) is 0.588. The zero-order valence-electron chi connectivity index (χ0n) is 13.0. The quantitative estimate of drug-likeness (QED) is 0.820. The molecule has 116 valence electrons. The Bertz CT molecular complexity index is 430. The van der Waals surface area contributed by atoms with E-state index in [1.165, 1.54) is 12.8 Å². The Morgan fingerprint density at radius 3 is 2.57 bits per heavy atom. The van der Waals surface area contributed by atoms with Gasteiger partial charge in [-0.15, -0.1) is 11.8 Å². The van der Waals surface area contributed by atoms with Crippen LogP contribution in [-0.4, -0.2) is 42.2 Å². The van der Waals surface area contributed by atoms with E-state index >= 15 is 0 Å². The lowest BCUT2D eigenvalue weighted by Gasteiger charge is -2.33. The van der Waals surface area contributed by atoms with Gasteiger partial charge in [-0.05, 0) is 57.8 Å². The molecule has 0 radical (unpaired) electrons. The summed E-state index contributed by atoms with van der Waals surface area (Å²) in [5, 5.41) is 3.39. The second-order valence-electron chi connectivity index (χ2n) is 5.93. The molecule has 1 aromatic rings. The summed E-state index contributed by atoms with van der Waals surface area (Å²) in [7, 11) is 0. The summed E-state index contributed by atoms with van der Waals surface area (Å²) in [5.41, 5.74) is 0. The van der Waals surface area contributed by atoms with Crippen molar-refractivity contribution in [3.8, 4) is 0 Å². The van der Waals surface area contributed by atoms with E-state index in [9.17, 15) is 4.79 Å². The molecule has 1 heterocycles. The number of rotatable bonds is 6. The lowest BCUT2D eigenvalue weighted by molar-refractivity contribution is -0.130. The Labute approximate surface area is 132 Å². The number of benzene rings is 1. The Morgan fingerprint density at radius 1 is 1.29 bits per heavy atom. The highest BCUT2D eigenvalue weighted by molar-refractivity contribution is 8.00. The Morgan fingerprint density at radius 2 is 1.95 bits per heavy atom. The maximum Gasteiger partial charge on any atom is 0.233 e. The molecule has 0 aromatic heterocycles. The molecule has 0 aliphatic carbocycles. The SMILES string of the molecule is CC(C)N(CC1CCNCC1)C(=O)CSc1ccccc1. The van der Waals surface area contributed by atoms with Gasteiger partial charge in [0.1, 0.15) is 0 Å². The van der Waals surface area contributed by atoms with Gasteiger partial charge in [-0.3, -0.25) is 4.79 Å². The fourth-order valence-electron chi connectivity index (χ4n) is 2.69. The number of amides is 1. The first kappa shape index (κ1) is 16.4. The van der Waals surface area contributed by atoms with Crippen LogP contribution in [0.5, 0.6) is 0 Å². The van der Waals surface area contributed by atoms with Crippen LogP contribution in [0.15, 0.2) is 35.2 Å². The minimum absolute atomic E-state index is 0.261. The molecule has 0 bridgehead atoms. The summed E-state index contributed by atoms with van der Waals surface area (Å²) < 4.78 is 0. The maximum absolute atomic E-state index is 12.5. The second kappa shape index (κ2) is 8.44. The number of nitrogens with zero attached hydrogens (tertiary/aromatic N) is 1. The Kier molecular flexibility index (Phi) is 6.58. The van der Waals surface area contributed by atoms with Gasteiger partial charge in [0.25, 0.3) is 0 Å². The van der Waals surface area contributed by atoms with E-state index in [-0.39, 0.29) is 11.9 Å². The summed E-state index contributed by atoms with van der Waals surface area (Å²) in [6, 6.07) is 10.4. The molecule has 4 heteroatoms. The van der Waals surface area contributed by atoms with Gasteiger partial charge in [-0.2, -0.15) is 0 Å². The molecule has 1 aliphatic heterocycles. The largest absolute Gasteiger partial charge is 0.339 e. The predicted octanol–water partition coefficient (Wildman–Crippen LogP) is 3.02. The van der Waals surface area contributed by atoms with Gasteiger partial charge in [0.2, 0.25) is 5.91 Å². The molecular weight excluding hydrogens is 280 g/mol. The second-order valence-corrected chi connectivity index (χ2v) is 6.98. The molecule has 2 rings (SSSR count). The van der Waals surface area contributed by atoms with Gasteiger partial charge >= 0.3 is 0 Å². The van der Waals surface area contributed by atoms with Crippen molar-refractivity contribution >= 4 is 17.7 Å². The van der Waals surface area contributed by atoms with Gasteiger partial charge in [-0.25, -0.2) is 0 Å². The maximum atomic E-state index is 12.5. The minimum Gasteiger partial charge on any atom is -0.339 e. The average molecular weight is 306 g/mol. The van der Waals surface area contributed by atoms with Crippen LogP contribution < -0.4 is 5.32 Å². The topological polar surface area (TPSA) is 32.3 Å². The van der Waals surface area contributed by atoms with Crippen LogP contribution >= 0.6 is 11.8 Å². The Hall–Kier alpha value is -1.00. The van der Waals surface area contributed by atoms with E-state index < -0.39 is 0 Å². The number of carbonyl (C=O) groups is 1. The van der Waals surface area contributed by atoms with Crippen LogP contribution in [0.2, 0.25) is 0 Å². The molecule has 1 N–H and O–H groups in total. The number of carbonyl (C=O) groups excluding carboxylic acids is 1. The van der Waals surface area contributed by atoms with Crippen molar-refractivity contribution in [1.29, 1.82) is 0 Å². The molecule has 1 aromatic carbocycles. The van der Waals surface area contributed by atoms with E-state index in [4.69, 9.17) is 0 Å². The highest BCUT2D eigenvalue weighted by atomic mass is 32.2. The van der Waals surface area contributed by atoms with Crippen LogP contribution in [0, 0.1) is 5.92 Å². The third kappa shape index (κ3) is 5.36.